The number of aliphatic carboxylic acids is 1. The van der Waals surface area contributed by atoms with Crippen molar-refractivity contribution in [1.82, 2.24) is 5.32 Å². The zero-order valence-corrected chi connectivity index (χ0v) is 6.73. The molecule has 1 rings (SSSR count). The topological polar surface area (TPSA) is 49.3 Å². The van der Waals surface area contributed by atoms with Crippen molar-refractivity contribution in [3.05, 3.63) is 0 Å². The number of alkyl halides is 2. The van der Waals surface area contributed by atoms with E-state index in [9.17, 15) is 13.6 Å². The number of carboxylic acids is 1. The van der Waals surface area contributed by atoms with Gasteiger partial charge in [0.1, 0.15) is 0 Å². The summed E-state index contributed by atoms with van der Waals surface area (Å²) in [6.45, 7) is 1.02. The molecule has 0 heterocycles. The molecule has 0 radical (unpaired) electrons. The summed E-state index contributed by atoms with van der Waals surface area (Å²) in [5, 5.41) is 10.6. The van der Waals surface area contributed by atoms with Gasteiger partial charge in [0.2, 0.25) is 0 Å². The van der Waals surface area contributed by atoms with E-state index in [1.54, 1.807) is 6.92 Å². The molecule has 1 aliphatic carbocycles. The van der Waals surface area contributed by atoms with E-state index < -0.39 is 18.4 Å². The highest BCUT2D eigenvalue weighted by atomic mass is 19.3. The lowest BCUT2D eigenvalue weighted by atomic mass is 10.2. The Hall–Kier alpha value is -0.710. The van der Waals surface area contributed by atoms with Crippen molar-refractivity contribution in [2.75, 3.05) is 6.54 Å². The average molecular weight is 179 g/mol. The summed E-state index contributed by atoms with van der Waals surface area (Å²) in [7, 11) is 0. The minimum Gasteiger partial charge on any atom is -0.477 e. The summed E-state index contributed by atoms with van der Waals surface area (Å²) in [5.74, 6) is -5.72. The highest BCUT2D eigenvalue weighted by Crippen LogP contribution is 2.34. The van der Waals surface area contributed by atoms with Crippen LogP contribution in [0.3, 0.4) is 0 Å². The first-order valence-corrected chi connectivity index (χ1v) is 3.72. The van der Waals surface area contributed by atoms with Crippen LogP contribution in [0.25, 0.3) is 0 Å². The van der Waals surface area contributed by atoms with Crippen molar-refractivity contribution in [3.8, 4) is 0 Å². The van der Waals surface area contributed by atoms with E-state index in [0.717, 1.165) is 12.8 Å². The van der Waals surface area contributed by atoms with Gasteiger partial charge in [-0.3, -0.25) is 0 Å². The van der Waals surface area contributed by atoms with Gasteiger partial charge in [-0.05, 0) is 19.8 Å². The first-order chi connectivity index (χ1) is 5.36. The van der Waals surface area contributed by atoms with E-state index >= 15 is 0 Å². The Morgan fingerprint density at radius 1 is 1.67 bits per heavy atom. The molecule has 5 heteroatoms. The molecule has 0 spiro atoms. The first kappa shape index (κ1) is 9.38. The van der Waals surface area contributed by atoms with Crippen LogP contribution in [-0.4, -0.2) is 29.1 Å². The van der Waals surface area contributed by atoms with Gasteiger partial charge in [0, 0.05) is 5.54 Å². The molecule has 0 atom stereocenters. The molecular weight excluding hydrogens is 168 g/mol. The molecule has 1 aliphatic rings. The second kappa shape index (κ2) is 2.65. The van der Waals surface area contributed by atoms with Crippen LogP contribution in [0.5, 0.6) is 0 Å². The second-order valence-electron chi connectivity index (χ2n) is 3.42. The quantitative estimate of drug-likeness (QED) is 0.672. The maximum Gasteiger partial charge on any atom is 0.375 e. The fraction of sp³-hybridized carbons (Fsp3) is 0.857. The normalized spacial score (nSPS) is 20.6. The maximum absolute atomic E-state index is 12.4. The van der Waals surface area contributed by atoms with Gasteiger partial charge in [-0.15, -0.1) is 0 Å². The van der Waals surface area contributed by atoms with Gasteiger partial charge in [-0.25, -0.2) is 4.79 Å². The second-order valence-corrected chi connectivity index (χ2v) is 3.42. The zero-order chi connectivity index (χ0) is 9.41. The summed E-state index contributed by atoms with van der Waals surface area (Å²) in [6.07, 6.45) is 1.67. The summed E-state index contributed by atoms with van der Waals surface area (Å²) < 4.78 is 24.9. The van der Waals surface area contributed by atoms with Crippen LogP contribution in [0.1, 0.15) is 19.8 Å². The van der Waals surface area contributed by atoms with E-state index in [2.05, 4.69) is 5.32 Å². The summed E-state index contributed by atoms with van der Waals surface area (Å²) >= 11 is 0. The molecule has 0 aromatic rings. The molecule has 0 aliphatic heterocycles. The first-order valence-electron chi connectivity index (χ1n) is 3.72. The van der Waals surface area contributed by atoms with Gasteiger partial charge in [-0.2, -0.15) is 8.78 Å². The number of hydrogen-bond donors (Lipinski definition) is 2. The molecular formula is C7H11F2NO2. The van der Waals surface area contributed by atoms with Crippen molar-refractivity contribution >= 4 is 5.97 Å². The molecule has 0 amide bonds. The number of carbonyl (C=O) groups is 1. The lowest BCUT2D eigenvalue weighted by Gasteiger charge is -2.15. The van der Waals surface area contributed by atoms with Gasteiger partial charge in [0.05, 0.1) is 6.54 Å². The molecule has 1 fully saturated rings. The summed E-state index contributed by atoms with van der Waals surface area (Å²) in [5.41, 5.74) is -0.251. The van der Waals surface area contributed by atoms with E-state index in [-0.39, 0.29) is 5.54 Å². The highest BCUT2D eigenvalue weighted by Gasteiger charge is 2.44. The predicted octanol–water partition coefficient (Wildman–Crippen LogP) is 0.848. The lowest BCUT2D eigenvalue weighted by Crippen LogP contribution is -2.43. The smallest absolute Gasteiger partial charge is 0.375 e. The Balaban J connectivity index is 2.35. The van der Waals surface area contributed by atoms with Crippen molar-refractivity contribution in [1.29, 1.82) is 0 Å². The predicted molar refractivity (Wildman–Crippen MR) is 38.2 cm³/mol. The van der Waals surface area contributed by atoms with E-state index in [4.69, 9.17) is 5.11 Å². The monoisotopic (exact) mass is 179 g/mol. The number of halogens is 2. The average Bonchev–Trinajstić information content (AvgIpc) is 2.66. The van der Waals surface area contributed by atoms with E-state index in [1.807, 2.05) is 0 Å². The molecule has 0 aromatic heterocycles. The lowest BCUT2D eigenvalue weighted by molar-refractivity contribution is -0.164. The summed E-state index contributed by atoms with van der Waals surface area (Å²) in [4.78, 5) is 9.97. The fourth-order valence-corrected chi connectivity index (χ4v) is 0.764. The van der Waals surface area contributed by atoms with Crippen molar-refractivity contribution < 1.29 is 18.7 Å². The molecule has 1 saturated carbocycles. The van der Waals surface area contributed by atoms with Gasteiger partial charge in [0.15, 0.2) is 0 Å². The Bertz CT molecular complexity index is 202. The third-order valence-electron chi connectivity index (χ3n) is 2.05. The van der Waals surface area contributed by atoms with Crippen LogP contribution >= 0.6 is 0 Å². The maximum atomic E-state index is 12.4. The minimum absolute atomic E-state index is 0.251. The van der Waals surface area contributed by atoms with Crippen molar-refractivity contribution in [3.63, 3.8) is 0 Å². The molecule has 2 N–H and O–H groups in total. The van der Waals surface area contributed by atoms with E-state index in [0.29, 0.717) is 0 Å². The van der Waals surface area contributed by atoms with Gasteiger partial charge in [0.25, 0.3) is 0 Å². The number of carboxylic acid groups (broad SMARTS) is 1. The third kappa shape index (κ3) is 2.14. The minimum atomic E-state index is -3.65. The Morgan fingerprint density at radius 2 is 2.17 bits per heavy atom. The number of hydrogen-bond acceptors (Lipinski definition) is 2. The van der Waals surface area contributed by atoms with Crippen LogP contribution in [-0.2, 0) is 4.79 Å². The molecule has 0 unspecified atom stereocenters. The van der Waals surface area contributed by atoms with Crippen LogP contribution in [0.4, 0.5) is 8.78 Å². The highest BCUT2D eigenvalue weighted by molar-refractivity contribution is 5.75. The Kier molecular flexibility index (Phi) is 2.07. The largest absolute Gasteiger partial charge is 0.477 e. The standard InChI is InChI=1S/C7H11F2NO2/c1-6(2-3-6)10-4-7(8,9)5(11)12/h10H,2-4H2,1H3,(H,11,12). The van der Waals surface area contributed by atoms with Gasteiger partial charge < -0.3 is 10.4 Å². The van der Waals surface area contributed by atoms with Crippen LogP contribution < -0.4 is 5.32 Å². The molecule has 0 bridgehead atoms. The molecule has 12 heavy (non-hydrogen) atoms. The number of nitrogens with one attached hydrogen (secondary N) is 1. The van der Waals surface area contributed by atoms with Crippen molar-refractivity contribution in [2.45, 2.75) is 31.2 Å². The van der Waals surface area contributed by atoms with Crippen molar-refractivity contribution in [2.24, 2.45) is 0 Å². The van der Waals surface area contributed by atoms with Gasteiger partial charge >= 0.3 is 11.9 Å². The van der Waals surface area contributed by atoms with Gasteiger partial charge in [-0.1, -0.05) is 0 Å². The van der Waals surface area contributed by atoms with Crippen LogP contribution in [0, 0.1) is 0 Å². The molecule has 70 valence electrons. The van der Waals surface area contributed by atoms with Crippen LogP contribution in [0.15, 0.2) is 0 Å². The molecule has 0 saturated heterocycles. The fourth-order valence-electron chi connectivity index (χ4n) is 0.764. The summed E-state index contributed by atoms with van der Waals surface area (Å²) in [6, 6.07) is 0. The van der Waals surface area contributed by atoms with Crippen LogP contribution in [0.2, 0.25) is 0 Å². The van der Waals surface area contributed by atoms with E-state index in [1.165, 1.54) is 0 Å². The number of rotatable bonds is 4. The Morgan fingerprint density at radius 3 is 2.50 bits per heavy atom. The third-order valence-corrected chi connectivity index (χ3v) is 2.05. The SMILES string of the molecule is CC1(NCC(F)(F)C(=O)O)CC1. The molecule has 0 aromatic carbocycles. The Labute approximate surface area is 68.8 Å². The molecule has 3 nitrogen and oxygen atoms in total. The zero-order valence-electron chi connectivity index (χ0n) is 6.73.